The molecule has 0 fully saturated rings. The van der Waals surface area contributed by atoms with E-state index >= 15 is 0 Å². The average molecular weight is 393 g/mol. The molecule has 0 atom stereocenters. The van der Waals surface area contributed by atoms with Gasteiger partial charge in [-0.05, 0) is 48.0 Å². The summed E-state index contributed by atoms with van der Waals surface area (Å²) in [6, 6.07) is 12.6. The molecule has 0 bridgehead atoms. The van der Waals surface area contributed by atoms with Crippen molar-refractivity contribution in [2.75, 3.05) is 5.32 Å². The number of nitro benzene ring substituents is 1. The topological polar surface area (TPSA) is 81.0 Å². The Hall–Kier alpha value is -2.16. The van der Waals surface area contributed by atoms with Crippen LogP contribution in [0.25, 0.3) is 0 Å². The number of hydrogen-bond donors (Lipinski definition) is 1. The Kier molecular flexibility index (Phi) is 5.52. The average Bonchev–Trinajstić information content (AvgIpc) is 3.04. The molecule has 0 aliphatic rings. The molecular weight excluding hydrogens is 380 g/mol. The molecule has 0 spiro atoms. The molecule has 0 unspecified atom stereocenters. The van der Waals surface area contributed by atoms with Gasteiger partial charge in [0.2, 0.25) is 5.13 Å². The molecule has 0 saturated carbocycles. The highest BCUT2D eigenvalue weighted by Gasteiger charge is 2.17. The van der Waals surface area contributed by atoms with Gasteiger partial charge in [-0.1, -0.05) is 42.0 Å². The van der Waals surface area contributed by atoms with Crippen molar-refractivity contribution in [3.05, 3.63) is 63.2 Å². The number of aromatic nitrogens is 2. The van der Waals surface area contributed by atoms with Gasteiger partial charge in [-0.2, -0.15) is 0 Å². The molecule has 1 aromatic heterocycles. The first-order valence-electron chi connectivity index (χ1n) is 7.36. The first-order chi connectivity index (χ1) is 12.0. The van der Waals surface area contributed by atoms with Crippen LogP contribution in [-0.4, -0.2) is 15.1 Å². The van der Waals surface area contributed by atoms with Crippen molar-refractivity contribution in [2.45, 2.75) is 22.6 Å². The lowest BCUT2D eigenvalue weighted by molar-refractivity contribution is -0.387. The molecular formula is C16H13ClN4O2S2. The van der Waals surface area contributed by atoms with Gasteiger partial charge >= 0.3 is 0 Å². The van der Waals surface area contributed by atoms with E-state index < -0.39 is 4.92 Å². The largest absolute Gasteiger partial charge is 0.330 e. The number of nitro groups is 1. The van der Waals surface area contributed by atoms with Crippen LogP contribution in [0.15, 0.2) is 51.7 Å². The smallest absolute Gasteiger partial charge is 0.284 e. The highest BCUT2D eigenvalue weighted by atomic mass is 35.5. The zero-order chi connectivity index (χ0) is 17.8. The van der Waals surface area contributed by atoms with Gasteiger partial charge < -0.3 is 5.32 Å². The minimum absolute atomic E-state index is 0.0441. The molecule has 0 aliphatic heterocycles. The van der Waals surface area contributed by atoms with Crippen molar-refractivity contribution in [1.82, 2.24) is 10.2 Å². The van der Waals surface area contributed by atoms with Crippen LogP contribution in [0.4, 0.5) is 16.5 Å². The summed E-state index contributed by atoms with van der Waals surface area (Å²) in [6.45, 7) is 2.10. The third-order valence-electron chi connectivity index (χ3n) is 3.33. The van der Waals surface area contributed by atoms with Gasteiger partial charge in [-0.3, -0.25) is 10.1 Å². The summed E-state index contributed by atoms with van der Waals surface area (Å²) in [5.41, 5.74) is 2.13. The Morgan fingerprint density at radius 3 is 2.68 bits per heavy atom. The lowest BCUT2D eigenvalue weighted by Gasteiger charge is -2.02. The number of rotatable bonds is 6. The van der Waals surface area contributed by atoms with E-state index in [1.54, 1.807) is 12.1 Å². The number of anilines is 2. The van der Waals surface area contributed by atoms with Gasteiger partial charge in [0.1, 0.15) is 0 Å². The number of benzene rings is 2. The van der Waals surface area contributed by atoms with Gasteiger partial charge in [-0.25, -0.2) is 0 Å². The fourth-order valence-corrected chi connectivity index (χ4v) is 4.04. The molecule has 2 aromatic carbocycles. The van der Waals surface area contributed by atoms with E-state index in [0.29, 0.717) is 19.4 Å². The number of nitrogens with one attached hydrogen (secondary N) is 1. The molecule has 9 heteroatoms. The summed E-state index contributed by atoms with van der Waals surface area (Å²) in [5, 5.41) is 23.4. The summed E-state index contributed by atoms with van der Waals surface area (Å²) >= 11 is 8.36. The van der Waals surface area contributed by atoms with Crippen LogP contribution in [-0.2, 0) is 6.42 Å². The van der Waals surface area contributed by atoms with Crippen molar-refractivity contribution in [1.29, 1.82) is 0 Å². The van der Waals surface area contributed by atoms with Gasteiger partial charge in [0, 0.05) is 16.8 Å². The molecule has 0 amide bonds. The van der Waals surface area contributed by atoms with Crippen LogP contribution < -0.4 is 5.32 Å². The van der Waals surface area contributed by atoms with Gasteiger partial charge in [0.05, 0.1) is 9.82 Å². The Morgan fingerprint density at radius 1 is 1.24 bits per heavy atom. The van der Waals surface area contributed by atoms with Crippen LogP contribution >= 0.6 is 34.7 Å². The number of nitrogens with zero attached hydrogens (tertiary/aromatic N) is 3. The number of hydrogen-bond acceptors (Lipinski definition) is 7. The van der Waals surface area contributed by atoms with Crippen molar-refractivity contribution < 1.29 is 4.92 Å². The van der Waals surface area contributed by atoms with E-state index in [1.807, 2.05) is 12.1 Å². The Labute approximate surface area is 157 Å². The molecule has 128 valence electrons. The second-order valence-electron chi connectivity index (χ2n) is 5.02. The quantitative estimate of drug-likeness (QED) is 0.437. The normalized spacial score (nSPS) is 10.6. The molecule has 3 aromatic rings. The lowest BCUT2D eigenvalue weighted by Crippen LogP contribution is -1.90. The van der Waals surface area contributed by atoms with E-state index in [0.717, 1.165) is 12.1 Å². The number of halogens is 1. The SMILES string of the molecule is CCc1ccc(Nc2nnc(Sc3ccc(Cl)cc3[N+](=O)[O-])s2)cc1. The molecule has 1 heterocycles. The van der Waals surface area contributed by atoms with Crippen LogP contribution in [0.1, 0.15) is 12.5 Å². The van der Waals surface area contributed by atoms with Gasteiger partial charge in [-0.15, -0.1) is 10.2 Å². The number of aryl methyl sites for hydroxylation is 1. The first kappa shape index (κ1) is 17.7. The van der Waals surface area contributed by atoms with Crippen LogP contribution in [0, 0.1) is 10.1 Å². The van der Waals surface area contributed by atoms with Crippen molar-refractivity contribution in [3.63, 3.8) is 0 Å². The molecule has 1 N–H and O–H groups in total. The molecule has 0 radical (unpaired) electrons. The second kappa shape index (κ2) is 7.81. The van der Waals surface area contributed by atoms with E-state index in [2.05, 4.69) is 34.6 Å². The summed E-state index contributed by atoms with van der Waals surface area (Å²) < 4.78 is 0.609. The highest BCUT2D eigenvalue weighted by molar-refractivity contribution is 8.01. The summed E-state index contributed by atoms with van der Waals surface area (Å²) in [5.74, 6) is 0. The van der Waals surface area contributed by atoms with E-state index in [9.17, 15) is 10.1 Å². The zero-order valence-corrected chi connectivity index (χ0v) is 15.5. The van der Waals surface area contributed by atoms with Crippen molar-refractivity contribution in [3.8, 4) is 0 Å². The lowest BCUT2D eigenvalue weighted by atomic mass is 10.1. The van der Waals surface area contributed by atoms with Crippen LogP contribution in [0.2, 0.25) is 5.02 Å². The van der Waals surface area contributed by atoms with Gasteiger partial charge in [0.15, 0.2) is 4.34 Å². The molecule has 0 saturated heterocycles. The summed E-state index contributed by atoms with van der Waals surface area (Å²) in [6.07, 6.45) is 0.986. The summed E-state index contributed by atoms with van der Waals surface area (Å²) in [4.78, 5) is 11.2. The Bertz CT molecular complexity index is 899. The maximum atomic E-state index is 11.2. The van der Waals surface area contributed by atoms with Crippen LogP contribution in [0.5, 0.6) is 0 Å². The van der Waals surface area contributed by atoms with Gasteiger partial charge in [0.25, 0.3) is 5.69 Å². The predicted molar refractivity (Wildman–Crippen MR) is 101 cm³/mol. The van der Waals surface area contributed by atoms with E-state index in [-0.39, 0.29) is 5.69 Å². The Morgan fingerprint density at radius 2 is 2.00 bits per heavy atom. The minimum Gasteiger partial charge on any atom is -0.330 e. The molecule has 6 nitrogen and oxygen atoms in total. The second-order valence-corrected chi connectivity index (χ2v) is 7.72. The van der Waals surface area contributed by atoms with E-state index in [4.69, 9.17) is 11.6 Å². The zero-order valence-electron chi connectivity index (χ0n) is 13.1. The molecule has 0 aliphatic carbocycles. The van der Waals surface area contributed by atoms with Crippen LogP contribution in [0.3, 0.4) is 0 Å². The summed E-state index contributed by atoms with van der Waals surface area (Å²) in [7, 11) is 0. The highest BCUT2D eigenvalue weighted by Crippen LogP contribution is 2.38. The third-order valence-corrected chi connectivity index (χ3v) is 5.52. The van der Waals surface area contributed by atoms with E-state index in [1.165, 1.54) is 34.7 Å². The fraction of sp³-hybridized carbons (Fsp3) is 0.125. The maximum absolute atomic E-state index is 11.2. The standard InChI is InChI=1S/C16H13ClN4O2S2/c1-2-10-3-6-12(7-4-10)18-15-19-20-16(25-15)24-14-8-5-11(17)9-13(14)21(22)23/h3-9H,2H2,1H3,(H,18,19). The predicted octanol–water partition coefficient (Wildman–Crippen LogP) is 5.56. The fourth-order valence-electron chi connectivity index (χ4n) is 2.06. The Balaban J connectivity index is 1.74. The monoisotopic (exact) mass is 392 g/mol. The minimum atomic E-state index is -0.455. The first-order valence-corrected chi connectivity index (χ1v) is 9.37. The maximum Gasteiger partial charge on any atom is 0.284 e. The third kappa shape index (κ3) is 4.47. The van der Waals surface area contributed by atoms with Crippen molar-refractivity contribution >= 4 is 51.2 Å². The molecule has 3 rings (SSSR count). The molecule has 25 heavy (non-hydrogen) atoms. The van der Waals surface area contributed by atoms with Crippen molar-refractivity contribution in [2.24, 2.45) is 0 Å².